The van der Waals surface area contributed by atoms with E-state index in [2.05, 4.69) is 15.3 Å². The van der Waals surface area contributed by atoms with Crippen molar-refractivity contribution in [3.8, 4) is 5.88 Å². The van der Waals surface area contributed by atoms with Gasteiger partial charge in [0.25, 0.3) is 0 Å². The minimum atomic E-state index is 0.533. The molecule has 4 nitrogen and oxygen atoms in total. The molecule has 1 saturated carbocycles. The number of rotatable bonds is 6. The van der Waals surface area contributed by atoms with Crippen molar-refractivity contribution in [2.45, 2.75) is 32.2 Å². The van der Waals surface area contributed by atoms with E-state index < -0.39 is 0 Å². The van der Waals surface area contributed by atoms with E-state index in [4.69, 9.17) is 4.74 Å². The van der Waals surface area contributed by atoms with Gasteiger partial charge in [-0.1, -0.05) is 0 Å². The van der Waals surface area contributed by atoms with Gasteiger partial charge >= 0.3 is 0 Å². The molecule has 0 aromatic carbocycles. The van der Waals surface area contributed by atoms with E-state index in [1.807, 2.05) is 20.2 Å². The van der Waals surface area contributed by atoms with Gasteiger partial charge in [-0.3, -0.25) is 4.98 Å². The molecule has 1 aromatic rings. The standard InChI is InChI=1S/C12H19N3O/c1-3-16-12-8-14-7-10(15-12)6-11(13-2)9-4-5-9/h7-9,11,13H,3-6H2,1-2H3. The zero-order chi connectivity index (χ0) is 11.4. The summed E-state index contributed by atoms with van der Waals surface area (Å²) >= 11 is 0. The van der Waals surface area contributed by atoms with Crippen molar-refractivity contribution in [1.82, 2.24) is 15.3 Å². The molecular weight excluding hydrogens is 202 g/mol. The van der Waals surface area contributed by atoms with Crippen molar-refractivity contribution in [1.29, 1.82) is 0 Å². The molecule has 0 saturated heterocycles. The molecule has 0 bridgehead atoms. The van der Waals surface area contributed by atoms with Crippen LogP contribution < -0.4 is 10.1 Å². The van der Waals surface area contributed by atoms with E-state index in [0.717, 1.165) is 18.0 Å². The fourth-order valence-corrected chi connectivity index (χ4v) is 1.93. The molecular formula is C12H19N3O. The number of nitrogens with zero attached hydrogens (tertiary/aromatic N) is 2. The molecule has 1 N–H and O–H groups in total. The molecule has 2 rings (SSSR count). The van der Waals surface area contributed by atoms with Crippen molar-refractivity contribution < 1.29 is 4.74 Å². The van der Waals surface area contributed by atoms with E-state index in [-0.39, 0.29) is 0 Å². The van der Waals surface area contributed by atoms with E-state index in [0.29, 0.717) is 18.5 Å². The first-order valence-corrected chi connectivity index (χ1v) is 5.94. The maximum absolute atomic E-state index is 5.34. The van der Waals surface area contributed by atoms with Crippen molar-refractivity contribution in [3.05, 3.63) is 18.1 Å². The molecule has 1 aromatic heterocycles. The predicted octanol–water partition coefficient (Wildman–Crippen LogP) is 1.42. The highest BCUT2D eigenvalue weighted by Crippen LogP contribution is 2.33. The maximum atomic E-state index is 5.34. The molecule has 0 aliphatic heterocycles. The van der Waals surface area contributed by atoms with Crippen LogP contribution in [-0.2, 0) is 6.42 Å². The van der Waals surface area contributed by atoms with Crippen molar-refractivity contribution >= 4 is 0 Å². The summed E-state index contributed by atoms with van der Waals surface area (Å²) in [6.07, 6.45) is 7.11. The topological polar surface area (TPSA) is 47.0 Å². The predicted molar refractivity (Wildman–Crippen MR) is 62.5 cm³/mol. The van der Waals surface area contributed by atoms with Crippen LogP contribution in [0.3, 0.4) is 0 Å². The van der Waals surface area contributed by atoms with Crippen LogP contribution in [0.1, 0.15) is 25.5 Å². The van der Waals surface area contributed by atoms with Crippen LogP contribution in [0.5, 0.6) is 5.88 Å². The molecule has 16 heavy (non-hydrogen) atoms. The molecule has 1 atom stereocenters. The normalized spacial score (nSPS) is 17.1. The van der Waals surface area contributed by atoms with Crippen molar-refractivity contribution in [3.63, 3.8) is 0 Å². The summed E-state index contributed by atoms with van der Waals surface area (Å²) in [5, 5.41) is 3.36. The van der Waals surface area contributed by atoms with Gasteiger partial charge in [-0.15, -0.1) is 0 Å². The lowest BCUT2D eigenvalue weighted by atomic mass is 10.1. The summed E-state index contributed by atoms with van der Waals surface area (Å²) in [6, 6.07) is 0.533. The third-order valence-corrected chi connectivity index (χ3v) is 2.95. The summed E-state index contributed by atoms with van der Waals surface area (Å²) in [5.41, 5.74) is 1.01. The molecule has 1 fully saturated rings. The Balaban J connectivity index is 1.99. The zero-order valence-corrected chi connectivity index (χ0v) is 9.94. The summed E-state index contributed by atoms with van der Waals surface area (Å²) < 4.78 is 5.34. The van der Waals surface area contributed by atoms with Gasteiger partial charge in [-0.2, -0.15) is 0 Å². The number of aromatic nitrogens is 2. The van der Waals surface area contributed by atoms with Gasteiger partial charge in [0.1, 0.15) is 0 Å². The molecule has 1 heterocycles. The Morgan fingerprint density at radius 3 is 2.94 bits per heavy atom. The lowest BCUT2D eigenvalue weighted by Crippen LogP contribution is -2.30. The Labute approximate surface area is 96.4 Å². The fraction of sp³-hybridized carbons (Fsp3) is 0.667. The van der Waals surface area contributed by atoms with Gasteiger partial charge < -0.3 is 10.1 Å². The second-order valence-electron chi connectivity index (χ2n) is 4.22. The van der Waals surface area contributed by atoms with Crippen LogP contribution in [0.15, 0.2) is 12.4 Å². The summed E-state index contributed by atoms with van der Waals surface area (Å²) in [5.74, 6) is 1.45. The molecule has 1 aliphatic rings. The van der Waals surface area contributed by atoms with Gasteiger partial charge in [0.15, 0.2) is 0 Å². The Morgan fingerprint density at radius 1 is 1.50 bits per heavy atom. The van der Waals surface area contributed by atoms with Crippen molar-refractivity contribution in [2.75, 3.05) is 13.7 Å². The quantitative estimate of drug-likeness (QED) is 0.789. The summed E-state index contributed by atoms with van der Waals surface area (Å²) in [4.78, 5) is 8.59. The highest BCUT2D eigenvalue weighted by atomic mass is 16.5. The Hall–Kier alpha value is -1.16. The highest BCUT2D eigenvalue weighted by Gasteiger charge is 2.30. The average Bonchev–Trinajstić information content (AvgIpc) is 3.11. The Bertz CT molecular complexity index is 339. The number of likely N-dealkylation sites (N-methyl/N-ethyl adjacent to an activating group) is 1. The van der Waals surface area contributed by atoms with Crippen LogP contribution in [0.2, 0.25) is 0 Å². The van der Waals surface area contributed by atoms with Gasteiger partial charge in [0.05, 0.1) is 18.5 Å². The lowest BCUT2D eigenvalue weighted by molar-refractivity contribution is 0.323. The molecule has 1 unspecified atom stereocenters. The van der Waals surface area contributed by atoms with Crippen LogP contribution in [-0.4, -0.2) is 29.7 Å². The molecule has 1 aliphatic carbocycles. The van der Waals surface area contributed by atoms with Crippen molar-refractivity contribution in [2.24, 2.45) is 5.92 Å². The molecule has 0 amide bonds. The molecule has 0 spiro atoms. The number of hydrogen-bond acceptors (Lipinski definition) is 4. The lowest BCUT2D eigenvalue weighted by Gasteiger charge is -2.14. The van der Waals surface area contributed by atoms with Crippen LogP contribution >= 0.6 is 0 Å². The third kappa shape index (κ3) is 2.92. The van der Waals surface area contributed by atoms with Gasteiger partial charge in [-0.25, -0.2) is 4.98 Å². The smallest absolute Gasteiger partial charge is 0.232 e. The van der Waals surface area contributed by atoms with Gasteiger partial charge in [0, 0.05) is 18.7 Å². The summed E-state index contributed by atoms with van der Waals surface area (Å²) in [7, 11) is 2.02. The Kier molecular flexibility index (Phi) is 3.72. The molecule has 0 radical (unpaired) electrons. The molecule has 88 valence electrons. The second kappa shape index (κ2) is 5.25. The first-order valence-electron chi connectivity index (χ1n) is 5.94. The highest BCUT2D eigenvalue weighted by molar-refractivity contribution is 5.10. The first kappa shape index (κ1) is 11.3. The maximum Gasteiger partial charge on any atom is 0.232 e. The third-order valence-electron chi connectivity index (χ3n) is 2.95. The largest absolute Gasteiger partial charge is 0.477 e. The molecule has 4 heteroatoms. The minimum absolute atomic E-state index is 0.533. The summed E-state index contributed by atoms with van der Waals surface area (Å²) in [6.45, 7) is 2.59. The SMILES string of the molecule is CCOc1cncc(CC(NC)C2CC2)n1. The average molecular weight is 221 g/mol. The van der Waals surface area contributed by atoms with Gasteiger partial charge in [-0.05, 0) is 32.7 Å². The monoisotopic (exact) mass is 221 g/mol. The second-order valence-corrected chi connectivity index (χ2v) is 4.22. The fourth-order valence-electron chi connectivity index (χ4n) is 1.93. The van der Waals surface area contributed by atoms with E-state index in [1.165, 1.54) is 12.8 Å². The number of nitrogens with one attached hydrogen (secondary N) is 1. The van der Waals surface area contributed by atoms with Crippen LogP contribution in [0.4, 0.5) is 0 Å². The first-order chi connectivity index (χ1) is 7.83. The Morgan fingerprint density at radius 2 is 2.31 bits per heavy atom. The number of ether oxygens (including phenoxy) is 1. The van der Waals surface area contributed by atoms with E-state index >= 15 is 0 Å². The van der Waals surface area contributed by atoms with E-state index in [1.54, 1.807) is 6.20 Å². The minimum Gasteiger partial charge on any atom is -0.477 e. The number of hydrogen-bond donors (Lipinski definition) is 1. The van der Waals surface area contributed by atoms with E-state index in [9.17, 15) is 0 Å². The van der Waals surface area contributed by atoms with Crippen LogP contribution in [0, 0.1) is 5.92 Å². The zero-order valence-electron chi connectivity index (χ0n) is 9.94. The van der Waals surface area contributed by atoms with Gasteiger partial charge in [0.2, 0.25) is 5.88 Å². The van der Waals surface area contributed by atoms with Crippen LogP contribution in [0.25, 0.3) is 0 Å².